The van der Waals surface area contributed by atoms with Crippen LogP contribution in [0.1, 0.15) is 35.8 Å². The molecule has 0 bridgehead atoms. The standard InChI is InChI=1S/C24H27N7O6S2/c1-3-4-7-26-19(32)13-6-5-8-30(9-13)10-14-11-38-22-17(21(34)31(22)18(14)23(35)36)28-20(33)16(29-37-2)15-12-39-24(25)27-15/h5-6,8-9,12,17,22H,3-4,7,10-11H2,1-2H3,(H4-,25,26,27,28,32,33,35,36)/p+1/b29-16-/t17-,22-/m1/s1. The van der Waals surface area contributed by atoms with Gasteiger partial charge in [0.15, 0.2) is 29.8 Å². The molecular formula is C24H28N7O6S2+. The third kappa shape index (κ3) is 6.04. The van der Waals surface area contributed by atoms with Gasteiger partial charge in [-0.25, -0.2) is 14.3 Å². The number of nitrogens with one attached hydrogen (secondary N) is 2. The van der Waals surface area contributed by atoms with E-state index in [2.05, 4.69) is 20.8 Å². The van der Waals surface area contributed by atoms with Gasteiger partial charge in [0.05, 0.1) is 0 Å². The zero-order valence-electron chi connectivity index (χ0n) is 21.2. The van der Waals surface area contributed by atoms with Crippen molar-refractivity contribution in [2.45, 2.75) is 37.7 Å². The number of nitrogen functional groups attached to an aromatic ring is 1. The van der Waals surface area contributed by atoms with E-state index in [-0.39, 0.29) is 34.7 Å². The number of carboxylic acids is 1. The van der Waals surface area contributed by atoms with E-state index < -0.39 is 29.2 Å². The third-order valence-electron chi connectivity index (χ3n) is 6.01. The minimum atomic E-state index is -1.25. The van der Waals surface area contributed by atoms with Gasteiger partial charge in [0.1, 0.15) is 35.5 Å². The van der Waals surface area contributed by atoms with Gasteiger partial charge in [0, 0.05) is 29.3 Å². The minimum absolute atomic E-state index is 0.127. The summed E-state index contributed by atoms with van der Waals surface area (Å²) in [6.45, 7) is 2.78. The zero-order valence-corrected chi connectivity index (χ0v) is 22.9. The number of aliphatic carboxylic acids is 1. The number of carbonyl (C=O) groups excluding carboxylic acids is 3. The van der Waals surface area contributed by atoms with E-state index in [4.69, 9.17) is 10.6 Å². The summed E-state index contributed by atoms with van der Waals surface area (Å²) in [7, 11) is 1.27. The van der Waals surface area contributed by atoms with Gasteiger partial charge in [0.25, 0.3) is 17.7 Å². The number of oxime groups is 1. The largest absolute Gasteiger partial charge is 0.477 e. The Hall–Kier alpha value is -3.98. The van der Waals surface area contributed by atoms with Crippen LogP contribution in [0.15, 0.2) is 46.3 Å². The number of β-lactam (4-membered cyclic amide) rings is 1. The molecule has 13 nitrogen and oxygen atoms in total. The van der Waals surface area contributed by atoms with Crippen molar-refractivity contribution in [3.8, 4) is 0 Å². The predicted molar refractivity (Wildman–Crippen MR) is 144 cm³/mol. The molecule has 3 amide bonds. The lowest BCUT2D eigenvalue weighted by molar-refractivity contribution is -0.689. The molecule has 2 atom stereocenters. The molecule has 0 radical (unpaired) electrons. The van der Waals surface area contributed by atoms with Crippen LogP contribution in [0.4, 0.5) is 5.13 Å². The van der Waals surface area contributed by atoms with Crippen molar-refractivity contribution in [3.63, 3.8) is 0 Å². The Morgan fingerprint density at radius 3 is 2.85 bits per heavy atom. The molecule has 0 unspecified atom stereocenters. The number of hydrogen-bond acceptors (Lipinski definition) is 10. The number of thioether (sulfide) groups is 1. The molecule has 4 rings (SSSR count). The van der Waals surface area contributed by atoms with Crippen LogP contribution in [0.5, 0.6) is 0 Å². The molecule has 0 saturated carbocycles. The fourth-order valence-corrected chi connectivity index (χ4v) is 6.05. The van der Waals surface area contributed by atoms with Crippen molar-refractivity contribution in [3.05, 3.63) is 52.4 Å². The van der Waals surface area contributed by atoms with E-state index in [0.29, 0.717) is 23.4 Å². The number of aromatic nitrogens is 2. The molecule has 1 fully saturated rings. The molecule has 2 aliphatic heterocycles. The van der Waals surface area contributed by atoms with Crippen LogP contribution in [0, 0.1) is 0 Å². The summed E-state index contributed by atoms with van der Waals surface area (Å²) in [6, 6.07) is 2.44. The zero-order chi connectivity index (χ0) is 28.1. The summed E-state index contributed by atoms with van der Waals surface area (Å²) in [5, 5.41) is 20.3. The molecule has 4 heterocycles. The number of unbranched alkanes of at least 4 members (excludes halogenated alkanes) is 1. The fourth-order valence-electron chi connectivity index (χ4n) is 4.16. The SMILES string of the molecule is CCCCNC(=O)c1ccc[n+](CC2=C(C(=O)O)N3C(=O)[C@@H](NC(=O)/C(=N\OC)c4csc(N)n4)[C@H]3SC2)c1. The van der Waals surface area contributed by atoms with Crippen molar-refractivity contribution in [2.24, 2.45) is 5.16 Å². The lowest BCUT2D eigenvalue weighted by Crippen LogP contribution is -2.71. The highest BCUT2D eigenvalue weighted by atomic mass is 32.2. The molecule has 39 heavy (non-hydrogen) atoms. The summed E-state index contributed by atoms with van der Waals surface area (Å²) in [5.74, 6) is -2.40. The second kappa shape index (κ2) is 12.3. The fraction of sp³-hybridized carbons (Fsp3) is 0.375. The van der Waals surface area contributed by atoms with E-state index in [9.17, 15) is 24.3 Å². The van der Waals surface area contributed by atoms with Crippen molar-refractivity contribution < 1.29 is 33.7 Å². The molecular weight excluding hydrogens is 546 g/mol. The number of rotatable bonds is 11. The van der Waals surface area contributed by atoms with E-state index >= 15 is 0 Å². The summed E-state index contributed by atoms with van der Waals surface area (Å²) in [6.07, 6.45) is 5.21. The Bertz CT molecular complexity index is 1360. The summed E-state index contributed by atoms with van der Waals surface area (Å²) < 4.78 is 1.71. The molecule has 0 aromatic carbocycles. The lowest BCUT2D eigenvalue weighted by Gasteiger charge is -2.49. The number of amides is 3. The van der Waals surface area contributed by atoms with Gasteiger partial charge in [-0.05, 0) is 12.5 Å². The number of carboxylic acid groups (broad SMARTS) is 1. The molecule has 0 aliphatic carbocycles. The first-order chi connectivity index (χ1) is 18.7. The Kier molecular flexibility index (Phi) is 8.81. The first kappa shape index (κ1) is 28.0. The van der Waals surface area contributed by atoms with Crippen LogP contribution < -0.4 is 20.9 Å². The Morgan fingerprint density at radius 1 is 1.38 bits per heavy atom. The molecule has 0 spiro atoms. The Balaban J connectivity index is 1.49. The van der Waals surface area contributed by atoms with E-state index in [0.717, 1.165) is 24.2 Å². The van der Waals surface area contributed by atoms with Gasteiger partial charge in [0.2, 0.25) is 0 Å². The van der Waals surface area contributed by atoms with E-state index in [1.54, 1.807) is 29.1 Å². The highest BCUT2D eigenvalue weighted by molar-refractivity contribution is 8.00. The first-order valence-corrected chi connectivity index (χ1v) is 14.0. The summed E-state index contributed by atoms with van der Waals surface area (Å²) >= 11 is 2.46. The first-order valence-electron chi connectivity index (χ1n) is 12.1. The molecule has 206 valence electrons. The van der Waals surface area contributed by atoms with Gasteiger partial charge in [-0.15, -0.1) is 23.1 Å². The molecule has 2 aromatic rings. The van der Waals surface area contributed by atoms with Crippen molar-refractivity contribution >= 4 is 57.6 Å². The van der Waals surface area contributed by atoms with Crippen LogP contribution >= 0.6 is 23.1 Å². The van der Waals surface area contributed by atoms with E-state index in [1.165, 1.54) is 29.2 Å². The number of fused-ring (bicyclic) bond motifs is 1. The molecule has 2 aromatic heterocycles. The predicted octanol–water partition coefficient (Wildman–Crippen LogP) is 0.332. The van der Waals surface area contributed by atoms with Gasteiger partial charge >= 0.3 is 5.97 Å². The number of anilines is 1. The second-order valence-corrected chi connectivity index (χ2v) is 10.7. The number of carbonyl (C=O) groups is 4. The minimum Gasteiger partial charge on any atom is -0.477 e. The van der Waals surface area contributed by atoms with Crippen LogP contribution in [-0.4, -0.2) is 75.2 Å². The molecule has 2 aliphatic rings. The average molecular weight is 575 g/mol. The van der Waals surface area contributed by atoms with Gasteiger partial charge in [-0.3, -0.25) is 19.3 Å². The maximum Gasteiger partial charge on any atom is 0.352 e. The summed E-state index contributed by atoms with van der Waals surface area (Å²) in [5.41, 5.74) is 6.53. The highest BCUT2D eigenvalue weighted by Crippen LogP contribution is 2.40. The monoisotopic (exact) mass is 574 g/mol. The smallest absolute Gasteiger partial charge is 0.352 e. The van der Waals surface area contributed by atoms with Crippen LogP contribution in [0.2, 0.25) is 0 Å². The third-order valence-corrected chi connectivity index (χ3v) is 8.02. The Labute approximate surface area is 232 Å². The van der Waals surface area contributed by atoms with Crippen molar-refractivity contribution in [1.82, 2.24) is 20.5 Å². The quantitative estimate of drug-likeness (QED) is 0.0967. The van der Waals surface area contributed by atoms with Crippen LogP contribution in [0.25, 0.3) is 0 Å². The average Bonchev–Trinajstić information content (AvgIpc) is 3.35. The number of nitrogens with zero attached hydrogens (tertiary/aromatic N) is 4. The lowest BCUT2D eigenvalue weighted by atomic mass is 10.0. The maximum absolute atomic E-state index is 13.1. The Morgan fingerprint density at radius 2 is 2.18 bits per heavy atom. The molecule has 5 N–H and O–H groups in total. The van der Waals surface area contributed by atoms with Crippen molar-refractivity contribution in [2.75, 3.05) is 25.1 Å². The van der Waals surface area contributed by atoms with Gasteiger partial charge in [-0.2, -0.15) is 0 Å². The highest BCUT2D eigenvalue weighted by Gasteiger charge is 2.54. The van der Waals surface area contributed by atoms with Crippen LogP contribution in [-0.2, 0) is 25.8 Å². The maximum atomic E-state index is 13.1. The number of hydrogen-bond donors (Lipinski definition) is 4. The van der Waals surface area contributed by atoms with Gasteiger partial charge in [-0.1, -0.05) is 18.5 Å². The molecule has 15 heteroatoms. The summed E-state index contributed by atoms with van der Waals surface area (Å²) in [4.78, 5) is 60.7. The van der Waals surface area contributed by atoms with Crippen LogP contribution in [0.3, 0.4) is 0 Å². The van der Waals surface area contributed by atoms with E-state index in [1.807, 2.05) is 6.92 Å². The number of pyridine rings is 1. The normalized spacial score (nSPS) is 18.8. The topological polar surface area (TPSA) is 180 Å². The number of nitrogens with two attached hydrogens (primary N) is 1. The van der Waals surface area contributed by atoms with Crippen molar-refractivity contribution in [1.29, 1.82) is 0 Å². The number of thiazole rings is 1. The van der Waals surface area contributed by atoms with Gasteiger partial charge < -0.3 is 26.3 Å². The molecule has 1 saturated heterocycles. The second-order valence-electron chi connectivity index (χ2n) is 8.69.